The van der Waals surface area contributed by atoms with Crippen molar-refractivity contribution in [1.82, 2.24) is 9.78 Å². The van der Waals surface area contributed by atoms with Gasteiger partial charge in [-0.15, -0.1) is 0 Å². The maximum atomic E-state index is 13.0. The summed E-state index contributed by atoms with van der Waals surface area (Å²) < 4.78 is 1.78. The zero-order valence-corrected chi connectivity index (χ0v) is 16.1. The van der Waals surface area contributed by atoms with Crippen LogP contribution in [0.3, 0.4) is 0 Å². The smallest absolute Gasteiger partial charge is 0.273 e. The van der Waals surface area contributed by atoms with Crippen molar-refractivity contribution in [1.29, 1.82) is 0 Å². The van der Waals surface area contributed by atoms with Crippen molar-refractivity contribution in [2.45, 2.75) is 39.3 Å². The van der Waals surface area contributed by atoms with Gasteiger partial charge in [0.2, 0.25) is 0 Å². The Morgan fingerprint density at radius 1 is 1.04 bits per heavy atom. The molecule has 5 nitrogen and oxygen atoms in total. The molecular formula is C22H26N4O. The molecule has 0 bridgehead atoms. The summed E-state index contributed by atoms with van der Waals surface area (Å²) in [6, 6.07) is 19.5. The average Bonchev–Trinajstić information content (AvgIpc) is 3.07. The number of hydrogen-bond acceptors (Lipinski definition) is 3. The van der Waals surface area contributed by atoms with Crippen molar-refractivity contribution in [3.8, 4) is 0 Å². The molecule has 1 heterocycles. The lowest BCUT2D eigenvalue weighted by Crippen LogP contribution is -2.18. The molecule has 5 heteroatoms. The summed E-state index contributed by atoms with van der Waals surface area (Å²) in [6.07, 6.45) is 0. The maximum Gasteiger partial charge on any atom is 0.273 e. The number of hydrogen-bond donors (Lipinski definition) is 2. The summed E-state index contributed by atoms with van der Waals surface area (Å²) in [7, 11) is 0. The third kappa shape index (κ3) is 4.63. The van der Waals surface area contributed by atoms with E-state index in [9.17, 15) is 4.79 Å². The van der Waals surface area contributed by atoms with E-state index >= 15 is 0 Å². The number of nitrogens with two attached hydrogens (primary N) is 1. The molecule has 3 N–H and O–H groups in total. The fourth-order valence-electron chi connectivity index (χ4n) is 2.81. The highest BCUT2D eigenvalue weighted by molar-refractivity contribution is 6.03. The summed E-state index contributed by atoms with van der Waals surface area (Å²) in [4.78, 5) is 13.0. The monoisotopic (exact) mass is 362 g/mol. The number of carbonyl (C=O) groups excluding carboxylic acids is 1. The molecule has 1 amide bonds. The molecule has 3 rings (SSSR count). The molecule has 0 aliphatic carbocycles. The van der Waals surface area contributed by atoms with Gasteiger partial charge in [-0.25, -0.2) is 0 Å². The Morgan fingerprint density at radius 2 is 1.74 bits per heavy atom. The van der Waals surface area contributed by atoms with Gasteiger partial charge in [0.15, 0.2) is 0 Å². The molecule has 0 aliphatic rings. The summed E-state index contributed by atoms with van der Waals surface area (Å²) >= 11 is 0. The Hall–Kier alpha value is -2.92. The summed E-state index contributed by atoms with van der Waals surface area (Å²) in [5.74, 6) is -0.178. The number of aromatic nitrogens is 2. The summed E-state index contributed by atoms with van der Waals surface area (Å²) in [5, 5.41) is 7.68. The van der Waals surface area contributed by atoms with Crippen LogP contribution in [0.4, 0.5) is 5.69 Å². The van der Waals surface area contributed by atoms with Crippen molar-refractivity contribution < 1.29 is 4.79 Å². The second kappa shape index (κ2) is 7.76. The van der Waals surface area contributed by atoms with Crippen LogP contribution in [0.25, 0.3) is 0 Å². The number of carbonyl (C=O) groups is 1. The lowest BCUT2D eigenvalue weighted by atomic mass is 9.92. The number of rotatable bonds is 5. The Bertz CT molecular complexity index is 923. The third-order valence-corrected chi connectivity index (χ3v) is 4.38. The first kappa shape index (κ1) is 18.9. The molecule has 0 spiro atoms. The van der Waals surface area contributed by atoms with Crippen LogP contribution < -0.4 is 11.1 Å². The van der Waals surface area contributed by atoms with Crippen molar-refractivity contribution >= 4 is 11.6 Å². The lowest BCUT2D eigenvalue weighted by molar-refractivity contribution is 0.101. The van der Waals surface area contributed by atoms with Crippen LogP contribution in [-0.4, -0.2) is 15.7 Å². The number of anilines is 1. The van der Waals surface area contributed by atoms with Crippen molar-refractivity contribution in [3.05, 3.63) is 83.2 Å². The van der Waals surface area contributed by atoms with Crippen molar-refractivity contribution in [3.63, 3.8) is 0 Å². The van der Waals surface area contributed by atoms with Crippen LogP contribution in [0, 0.1) is 0 Å². The minimum Gasteiger partial charge on any atom is -0.326 e. The Morgan fingerprint density at radius 3 is 2.41 bits per heavy atom. The molecule has 0 unspecified atom stereocenters. The van der Waals surface area contributed by atoms with E-state index in [1.165, 1.54) is 0 Å². The molecular weight excluding hydrogens is 336 g/mol. The SMILES string of the molecule is CC(C)(C)c1cc(C(=O)Nc2cccc(CN)c2)n(Cc2ccccc2)n1. The molecule has 1 aromatic heterocycles. The first-order valence-corrected chi connectivity index (χ1v) is 9.09. The topological polar surface area (TPSA) is 72.9 Å². The van der Waals surface area contributed by atoms with Crippen LogP contribution in [0.1, 0.15) is 48.1 Å². The van der Waals surface area contributed by atoms with Gasteiger partial charge in [-0.1, -0.05) is 63.2 Å². The van der Waals surface area contributed by atoms with E-state index in [2.05, 4.69) is 26.1 Å². The van der Waals surface area contributed by atoms with Gasteiger partial charge in [-0.3, -0.25) is 9.48 Å². The van der Waals surface area contributed by atoms with Crippen LogP contribution in [0.15, 0.2) is 60.7 Å². The molecule has 27 heavy (non-hydrogen) atoms. The molecule has 3 aromatic rings. The fraction of sp³-hybridized carbons (Fsp3) is 0.273. The molecule has 2 aromatic carbocycles. The van der Waals surface area contributed by atoms with Crippen LogP contribution in [-0.2, 0) is 18.5 Å². The molecule has 0 radical (unpaired) electrons. The van der Waals surface area contributed by atoms with Gasteiger partial charge in [0, 0.05) is 17.6 Å². The maximum absolute atomic E-state index is 13.0. The molecule has 0 saturated carbocycles. The van der Waals surface area contributed by atoms with Gasteiger partial charge in [-0.2, -0.15) is 5.10 Å². The second-order valence-corrected chi connectivity index (χ2v) is 7.67. The van der Waals surface area contributed by atoms with E-state index in [0.717, 1.165) is 22.5 Å². The van der Waals surface area contributed by atoms with Gasteiger partial charge in [-0.05, 0) is 29.3 Å². The standard InChI is InChI=1S/C22H26N4O/c1-22(2,3)20-13-19(26(25-20)15-16-8-5-4-6-9-16)21(27)24-18-11-7-10-17(12-18)14-23/h4-13H,14-15,23H2,1-3H3,(H,24,27). The predicted octanol–water partition coefficient (Wildman–Crippen LogP) is 3.94. The number of benzene rings is 2. The lowest BCUT2D eigenvalue weighted by Gasteiger charge is -2.14. The fourth-order valence-corrected chi connectivity index (χ4v) is 2.81. The van der Waals surface area contributed by atoms with Crippen LogP contribution in [0.2, 0.25) is 0 Å². The van der Waals surface area contributed by atoms with E-state index in [1.807, 2.05) is 60.7 Å². The van der Waals surface area contributed by atoms with Crippen molar-refractivity contribution in [2.24, 2.45) is 5.73 Å². The van der Waals surface area contributed by atoms with Gasteiger partial charge in [0.1, 0.15) is 5.69 Å². The molecule has 0 fully saturated rings. The summed E-state index contributed by atoms with van der Waals surface area (Å²) in [5.41, 5.74) is 9.78. The highest BCUT2D eigenvalue weighted by Crippen LogP contribution is 2.23. The zero-order chi connectivity index (χ0) is 19.4. The van der Waals surface area contributed by atoms with E-state index in [0.29, 0.717) is 18.8 Å². The average molecular weight is 362 g/mol. The first-order valence-electron chi connectivity index (χ1n) is 9.09. The van der Waals surface area contributed by atoms with Gasteiger partial charge >= 0.3 is 0 Å². The number of nitrogens with one attached hydrogen (secondary N) is 1. The molecule has 0 aliphatic heterocycles. The minimum atomic E-state index is -0.178. The second-order valence-electron chi connectivity index (χ2n) is 7.67. The van der Waals surface area contributed by atoms with E-state index in [4.69, 9.17) is 10.8 Å². The summed E-state index contributed by atoms with van der Waals surface area (Å²) in [6.45, 7) is 7.25. The minimum absolute atomic E-state index is 0.142. The van der Waals surface area contributed by atoms with E-state index in [1.54, 1.807) is 4.68 Å². The van der Waals surface area contributed by atoms with Gasteiger partial charge in [0.05, 0.1) is 12.2 Å². The Balaban J connectivity index is 1.92. The van der Waals surface area contributed by atoms with Gasteiger partial charge < -0.3 is 11.1 Å². The zero-order valence-electron chi connectivity index (χ0n) is 16.1. The van der Waals surface area contributed by atoms with Crippen LogP contribution >= 0.6 is 0 Å². The third-order valence-electron chi connectivity index (χ3n) is 4.38. The highest BCUT2D eigenvalue weighted by atomic mass is 16.2. The Kier molecular flexibility index (Phi) is 5.42. The highest BCUT2D eigenvalue weighted by Gasteiger charge is 2.23. The first-order chi connectivity index (χ1) is 12.9. The molecule has 140 valence electrons. The number of nitrogens with zero attached hydrogens (tertiary/aromatic N) is 2. The predicted molar refractivity (Wildman–Crippen MR) is 109 cm³/mol. The molecule has 0 atom stereocenters. The van der Waals surface area contributed by atoms with Gasteiger partial charge in [0.25, 0.3) is 5.91 Å². The normalized spacial score (nSPS) is 11.4. The number of amides is 1. The van der Waals surface area contributed by atoms with E-state index < -0.39 is 0 Å². The Labute approximate surface area is 160 Å². The largest absolute Gasteiger partial charge is 0.326 e. The molecule has 0 saturated heterocycles. The van der Waals surface area contributed by atoms with E-state index in [-0.39, 0.29) is 11.3 Å². The van der Waals surface area contributed by atoms with Crippen molar-refractivity contribution in [2.75, 3.05) is 5.32 Å². The quantitative estimate of drug-likeness (QED) is 0.722. The van der Waals surface area contributed by atoms with Crippen LogP contribution in [0.5, 0.6) is 0 Å².